The molecule has 0 spiro atoms. The first kappa shape index (κ1) is 13.7. The van der Waals surface area contributed by atoms with Crippen molar-refractivity contribution in [2.75, 3.05) is 0 Å². The molecule has 0 aliphatic carbocycles. The number of aliphatic hydroxyl groups excluding tert-OH is 1. The van der Waals surface area contributed by atoms with Gasteiger partial charge in [0.1, 0.15) is 5.01 Å². The maximum Gasteiger partial charge on any atom is 0.274 e. The molecule has 0 atom stereocenters. The predicted octanol–water partition coefficient (Wildman–Crippen LogP) is 2.57. The molecule has 0 saturated heterocycles. The van der Waals surface area contributed by atoms with Gasteiger partial charge in [0.2, 0.25) is 0 Å². The predicted molar refractivity (Wildman–Crippen MR) is 80.2 cm³/mol. The van der Waals surface area contributed by atoms with E-state index in [0.717, 1.165) is 26.4 Å². The van der Waals surface area contributed by atoms with Crippen LogP contribution in [0.3, 0.4) is 0 Å². The van der Waals surface area contributed by atoms with E-state index in [0.29, 0.717) is 5.56 Å². The van der Waals surface area contributed by atoms with Crippen LogP contribution >= 0.6 is 11.3 Å². The number of amides is 1. The summed E-state index contributed by atoms with van der Waals surface area (Å²) in [6, 6.07) is 12.6. The van der Waals surface area contributed by atoms with Gasteiger partial charge in [-0.1, -0.05) is 24.3 Å². The molecule has 3 aromatic rings. The van der Waals surface area contributed by atoms with E-state index in [9.17, 15) is 4.79 Å². The molecular formula is C15H12N2O3S. The second-order valence-corrected chi connectivity index (χ2v) is 5.53. The first-order valence-corrected chi connectivity index (χ1v) is 7.08. The zero-order valence-corrected chi connectivity index (χ0v) is 11.7. The number of fused-ring (bicyclic) bond motifs is 1. The van der Waals surface area contributed by atoms with Crippen molar-refractivity contribution in [1.82, 2.24) is 10.5 Å². The first-order chi connectivity index (χ1) is 10.2. The third-order valence-electron chi connectivity index (χ3n) is 3.14. The van der Waals surface area contributed by atoms with Crippen LogP contribution in [0.4, 0.5) is 0 Å². The van der Waals surface area contributed by atoms with Crippen molar-refractivity contribution in [1.29, 1.82) is 0 Å². The Kier molecular flexibility index (Phi) is 3.66. The molecule has 5 nitrogen and oxygen atoms in total. The van der Waals surface area contributed by atoms with Crippen molar-refractivity contribution < 1.29 is 15.1 Å². The number of hydrogen-bond donors (Lipinski definition) is 3. The minimum atomic E-state index is -0.542. The average Bonchev–Trinajstić information content (AvgIpc) is 2.97. The van der Waals surface area contributed by atoms with Gasteiger partial charge in [0.05, 0.1) is 16.8 Å². The highest BCUT2D eigenvalue weighted by molar-refractivity contribution is 7.21. The standard InChI is InChI=1S/C15H12N2O3S/c18-8-9-1-3-10(4-2-9)15-16-12-6-5-11(14(19)17-20)7-13(12)21-15/h1-7,18,20H,8H2,(H,17,19). The summed E-state index contributed by atoms with van der Waals surface area (Å²) >= 11 is 1.47. The van der Waals surface area contributed by atoms with Gasteiger partial charge in [-0.15, -0.1) is 11.3 Å². The van der Waals surface area contributed by atoms with Crippen molar-refractivity contribution in [2.24, 2.45) is 0 Å². The lowest BCUT2D eigenvalue weighted by atomic mass is 10.1. The molecule has 0 aliphatic heterocycles. The van der Waals surface area contributed by atoms with E-state index in [4.69, 9.17) is 10.3 Å². The summed E-state index contributed by atoms with van der Waals surface area (Å²) in [6.07, 6.45) is 0. The lowest BCUT2D eigenvalue weighted by molar-refractivity contribution is 0.0706. The molecule has 0 saturated carbocycles. The monoisotopic (exact) mass is 300 g/mol. The molecule has 106 valence electrons. The quantitative estimate of drug-likeness (QED) is 0.513. The van der Waals surface area contributed by atoms with E-state index in [1.807, 2.05) is 24.3 Å². The van der Waals surface area contributed by atoms with Gasteiger partial charge in [0.15, 0.2) is 0 Å². The van der Waals surface area contributed by atoms with Crippen LogP contribution in [0.5, 0.6) is 0 Å². The highest BCUT2D eigenvalue weighted by Gasteiger charge is 2.10. The van der Waals surface area contributed by atoms with Crippen molar-refractivity contribution in [3.63, 3.8) is 0 Å². The van der Waals surface area contributed by atoms with E-state index in [1.165, 1.54) is 11.3 Å². The van der Waals surface area contributed by atoms with Crippen LogP contribution in [0.15, 0.2) is 42.5 Å². The molecule has 2 aromatic carbocycles. The lowest BCUT2D eigenvalue weighted by Crippen LogP contribution is -2.18. The second-order valence-electron chi connectivity index (χ2n) is 4.50. The Morgan fingerprint density at radius 3 is 2.62 bits per heavy atom. The van der Waals surface area contributed by atoms with E-state index in [1.54, 1.807) is 23.7 Å². The number of carbonyl (C=O) groups excluding carboxylic acids is 1. The maximum absolute atomic E-state index is 11.4. The molecule has 0 bridgehead atoms. The Labute approximate surface area is 124 Å². The molecule has 0 radical (unpaired) electrons. The van der Waals surface area contributed by atoms with Gasteiger partial charge in [0, 0.05) is 11.1 Å². The molecule has 3 N–H and O–H groups in total. The van der Waals surface area contributed by atoms with Crippen molar-refractivity contribution in [2.45, 2.75) is 6.61 Å². The van der Waals surface area contributed by atoms with Crippen LogP contribution in [0.2, 0.25) is 0 Å². The van der Waals surface area contributed by atoms with Crippen LogP contribution in [0, 0.1) is 0 Å². The summed E-state index contributed by atoms with van der Waals surface area (Å²) in [5, 5.41) is 18.6. The number of aliphatic hydroxyl groups is 1. The van der Waals surface area contributed by atoms with E-state index in [-0.39, 0.29) is 6.61 Å². The van der Waals surface area contributed by atoms with Gasteiger partial charge in [-0.25, -0.2) is 10.5 Å². The number of nitrogens with zero attached hydrogens (tertiary/aromatic N) is 1. The van der Waals surface area contributed by atoms with E-state index in [2.05, 4.69) is 4.98 Å². The van der Waals surface area contributed by atoms with Gasteiger partial charge >= 0.3 is 0 Å². The normalized spacial score (nSPS) is 10.8. The Balaban J connectivity index is 2.01. The third kappa shape index (κ3) is 2.64. The number of carbonyl (C=O) groups is 1. The summed E-state index contributed by atoms with van der Waals surface area (Å²) in [6.45, 7) is 0.0136. The fourth-order valence-corrected chi connectivity index (χ4v) is 3.02. The van der Waals surface area contributed by atoms with E-state index >= 15 is 0 Å². The fourth-order valence-electron chi connectivity index (χ4n) is 2.01. The highest BCUT2D eigenvalue weighted by atomic mass is 32.1. The van der Waals surface area contributed by atoms with Crippen LogP contribution in [-0.4, -0.2) is 21.2 Å². The number of hydroxylamine groups is 1. The highest BCUT2D eigenvalue weighted by Crippen LogP contribution is 2.30. The molecule has 0 aliphatic rings. The van der Waals surface area contributed by atoms with E-state index < -0.39 is 5.91 Å². The Morgan fingerprint density at radius 1 is 1.19 bits per heavy atom. The Bertz CT molecular complexity index is 796. The van der Waals surface area contributed by atoms with Crippen LogP contribution in [0.1, 0.15) is 15.9 Å². The summed E-state index contributed by atoms with van der Waals surface area (Å²) in [5.41, 5.74) is 4.61. The number of thiazole rings is 1. The summed E-state index contributed by atoms with van der Waals surface area (Å²) in [7, 11) is 0. The zero-order chi connectivity index (χ0) is 14.8. The molecule has 0 fully saturated rings. The number of rotatable bonds is 3. The Morgan fingerprint density at radius 2 is 1.95 bits per heavy atom. The lowest BCUT2D eigenvalue weighted by Gasteiger charge is -1.97. The summed E-state index contributed by atoms with van der Waals surface area (Å²) < 4.78 is 0.873. The van der Waals surface area contributed by atoms with Crippen molar-refractivity contribution in [3.8, 4) is 10.6 Å². The molecule has 1 heterocycles. The zero-order valence-electron chi connectivity index (χ0n) is 10.9. The maximum atomic E-state index is 11.4. The molecule has 1 amide bonds. The van der Waals surface area contributed by atoms with Crippen LogP contribution in [0.25, 0.3) is 20.8 Å². The summed E-state index contributed by atoms with van der Waals surface area (Å²) in [4.78, 5) is 15.9. The number of aromatic nitrogens is 1. The number of hydrogen-bond acceptors (Lipinski definition) is 5. The van der Waals surface area contributed by atoms with Gasteiger partial charge in [0.25, 0.3) is 5.91 Å². The molecule has 21 heavy (non-hydrogen) atoms. The van der Waals surface area contributed by atoms with Gasteiger partial charge in [-0.2, -0.15) is 0 Å². The van der Waals surface area contributed by atoms with Gasteiger partial charge < -0.3 is 5.11 Å². The van der Waals surface area contributed by atoms with Crippen molar-refractivity contribution >= 4 is 27.5 Å². The largest absolute Gasteiger partial charge is 0.392 e. The minimum absolute atomic E-state index is 0.0136. The fraction of sp³-hybridized carbons (Fsp3) is 0.0667. The summed E-state index contributed by atoms with van der Waals surface area (Å²) in [5.74, 6) is -0.542. The van der Waals surface area contributed by atoms with Gasteiger partial charge in [-0.3, -0.25) is 10.0 Å². The van der Waals surface area contributed by atoms with Crippen LogP contribution in [-0.2, 0) is 6.61 Å². The topological polar surface area (TPSA) is 82.5 Å². The SMILES string of the molecule is O=C(NO)c1ccc2nc(-c3ccc(CO)cc3)sc2c1. The number of benzene rings is 2. The molecule has 1 aromatic heterocycles. The van der Waals surface area contributed by atoms with Crippen LogP contribution < -0.4 is 5.48 Å². The molecule has 6 heteroatoms. The molecule has 0 unspecified atom stereocenters. The molecular weight excluding hydrogens is 288 g/mol. The third-order valence-corrected chi connectivity index (χ3v) is 4.20. The second kappa shape index (κ2) is 5.61. The minimum Gasteiger partial charge on any atom is -0.392 e. The first-order valence-electron chi connectivity index (χ1n) is 6.26. The number of nitrogens with one attached hydrogen (secondary N) is 1. The smallest absolute Gasteiger partial charge is 0.274 e. The van der Waals surface area contributed by atoms with Crippen molar-refractivity contribution in [3.05, 3.63) is 53.6 Å². The Hall–Kier alpha value is -2.28. The molecule has 3 rings (SSSR count). The van der Waals surface area contributed by atoms with Gasteiger partial charge in [-0.05, 0) is 23.8 Å². The average molecular weight is 300 g/mol.